The fourth-order valence-electron chi connectivity index (χ4n) is 4.13. The van der Waals surface area contributed by atoms with Gasteiger partial charge >= 0.3 is 12.0 Å². The van der Waals surface area contributed by atoms with Gasteiger partial charge in [0.1, 0.15) is 11.1 Å². The molecule has 1 saturated carbocycles. The second kappa shape index (κ2) is 7.25. The van der Waals surface area contributed by atoms with Crippen molar-refractivity contribution in [2.45, 2.75) is 56.8 Å². The summed E-state index contributed by atoms with van der Waals surface area (Å²) in [5, 5.41) is 9.89. The molecule has 2 fully saturated rings. The molecule has 0 unspecified atom stereocenters. The molecule has 0 radical (unpaired) electrons. The van der Waals surface area contributed by atoms with Gasteiger partial charge < -0.3 is 24.9 Å². The Morgan fingerprint density at radius 2 is 2.18 bits per heavy atom. The number of halogens is 1. The third-order valence-corrected chi connectivity index (χ3v) is 5.81. The number of aromatic nitrogens is 4. The van der Waals surface area contributed by atoms with E-state index in [1.165, 1.54) is 6.33 Å². The largest absolute Gasteiger partial charge is 0.457 e. The van der Waals surface area contributed by atoms with Gasteiger partial charge in [0.2, 0.25) is 0 Å². The third kappa shape index (κ3) is 3.20. The Balaban J connectivity index is 1.66. The van der Waals surface area contributed by atoms with Crippen LogP contribution >= 0.6 is 0 Å². The second-order valence-electron chi connectivity index (χ2n) is 7.74. The van der Waals surface area contributed by atoms with Crippen molar-refractivity contribution < 1.29 is 23.8 Å². The van der Waals surface area contributed by atoms with E-state index >= 15 is 0 Å². The van der Waals surface area contributed by atoms with E-state index in [0.717, 1.165) is 32.1 Å². The molecule has 9 nitrogen and oxygen atoms in total. The maximum Gasteiger partial charge on any atom is 0.312 e. The number of nitrogens with two attached hydrogens (primary N) is 1. The first-order chi connectivity index (χ1) is 13.4. The number of ether oxygens (including phenoxy) is 2. The SMILES string of the molecule is C[C@]1(CO)OC[C@@H](n2cnc3c(N)nc(F)nc32)[C@@H]1OC(=O)C1CCCCC1. The highest BCUT2D eigenvalue weighted by atomic mass is 19.1. The molecule has 28 heavy (non-hydrogen) atoms. The van der Waals surface area contributed by atoms with Crippen LogP contribution in [-0.4, -0.2) is 55.5 Å². The standard InChI is InChI=1S/C18H24FN5O4/c1-18(8-25)13(28-16(26)10-5-3-2-4-6-10)11(7-27-18)24-9-21-12-14(20)22-17(19)23-15(12)24/h9-11,13,25H,2-8H2,1H3,(H2,20,22,23)/t11-,13+,18-/m1/s1. The summed E-state index contributed by atoms with van der Waals surface area (Å²) in [5.74, 6) is -0.502. The molecule has 2 aromatic heterocycles. The van der Waals surface area contributed by atoms with Crippen molar-refractivity contribution in [1.29, 1.82) is 0 Å². The van der Waals surface area contributed by atoms with E-state index in [4.69, 9.17) is 15.2 Å². The van der Waals surface area contributed by atoms with Gasteiger partial charge in [-0.2, -0.15) is 14.4 Å². The van der Waals surface area contributed by atoms with E-state index in [1.807, 2.05) is 0 Å². The van der Waals surface area contributed by atoms with Crippen LogP contribution in [-0.2, 0) is 14.3 Å². The number of anilines is 1. The minimum atomic E-state index is -1.08. The highest BCUT2D eigenvalue weighted by molar-refractivity contribution is 5.81. The van der Waals surface area contributed by atoms with Crippen molar-refractivity contribution in [3.05, 3.63) is 12.4 Å². The lowest BCUT2D eigenvalue weighted by molar-refractivity contribution is -0.168. The van der Waals surface area contributed by atoms with E-state index in [1.54, 1.807) is 11.5 Å². The lowest BCUT2D eigenvalue weighted by Gasteiger charge is -2.32. The Labute approximate surface area is 161 Å². The summed E-state index contributed by atoms with van der Waals surface area (Å²) in [6, 6.07) is -0.525. The Morgan fingerprint density at radius 1 is 1.43 bits per heavy atom. The Morgan fingerprint density at radius 3 is 2.89 bits per heavy atom. The van der Waals surface area contributed by atoms with Gasteiger partial charge in [-0.05, 0) is 19.8 Å². The molecule has 152 valence electrons. The number of carbonyl (C=O) groups excluding carboxylic acids is 1. The van der Waals surface area contributed by atoms with Crippen LogP contribution in [0.1, 0.15) is 45.1 Å². The van der Waals surface area contributed by atoms with Gasteiger partial charge in [-0.1, -0.05) is 19.3 Å². The summed E-state index contributed by atoms with van der Waals surface area (Å²) in [6.07, 6.45) is 4.45. The van der Waals surface area contributed by atoms with Gasteiger partial charge in [-0.3, -0.25) is 4.79 Å². The maximum atomic E-state index is 13.7. The minimum Gasteiger partial charge on any atom is -0.457 e. The predicted octanol–water partition coefficient (Wildman–Crippen LogP) is 1.36. The number of carbonyl (C=O) groups is 1. The van der Waals surface area contributed by atoms with Crippen LogP contribution in [0.4, 0.5) is 10.2 Å². The molecule has 4 rings (SSSR count). The summed E-state index contributed by atoms with van der Waals surface area (Å²) >= 11 is 0. The average molecular weight is 393 g/mol. The first-order valence-electron chi connectivity index (χ1n) is 9.54. The quantitative estimate of drug-likeness (QED) is 0.589. The van der Waals surface area contributed by atoms with Crippen LogP contribution in [0.5, 0.6) is 0 Å². The number of hydrogen-bond acceptors (Lipinski definition) is 8. The lowest BCUT2D eigenvalue weighted by Crippen LogP contribution is -2.46. The summed E-state index contributed by atoms with van der Waals surface area (Å²) in [7, 11) is 0. The number of nitrogen functional groups attached to an aromatic ring is 1. The second-order valence-corrected chi connectivity index (χ2v) is 7.74. The molecular formula is C18H24FN5O4. The van der Waals surface area contributed by atoms with E-state index in [-0.39, 0.29) is 42.1 Å². The predicted molar refractivity (Wildman–Crippen MR) is 96.6 cm³/mol. The summed E-state index contributed by atoms with van der Waals surface area (Å²) < 4.78 is 26.9. The van der Waals surface area contributed by atoms with Gasteiger partial charge in [-0.25, -0.2) is 4.98 Å². The smallest absolute Gasteiger partial charge is 0.312 e. The molecule has 0 aromatic carbocycles. The highest BCUT2D eigenvalue weighted by Gasteiger charge is 2.51. The van der Waals surface area contributed by atoms with Crippen molar-refractivity contribution >= 4 is 23.0 Å². The molecule has 10 heteroatoms. The minimum absolute atomic E-state index is 0.0687. The number of rotatable bonds is 4. The fraction of sp³-hybridized carbons (Fsp3) is 0.667. The van der Waals surface area contributed by atoms with Crippen LogP contribution in [0.2, 0.25) is 0 Å². The number of aliphatic hydroxyl groups excluding tert-OH is 1. The average Bonchev–Trinajstić information content (AvgIpc) is 3.24. The van der Waals surface area contributed by atoms with Gasteiger partial charge in [-0.15, -0.1) is 0 Å². The van der Waals surface area contributed by atoms with Gasteiger partial charge in [0.25, 0.3) is 0 Å². The third-order valence-electron chi connectivity index (χ3n) is 5.81. The molecule has 1 saturated heterocycles. The lowest BCUT2D eigenvalue weighted by atomic mass is 9.89. The Hall–Kier alpha value is -2.33. The first-order valence-corrected chi connectivity index (χ1v) is 9.54. The molecule has 1 aliphatic heterocycles. The van der Waals surface area contributed by atoms with Gasteiger partial charge in [0.15, 0.2) is 17.6 Å². The topological polar surface area (TPSA) is 125 Å². The summed E-state index contributed by atoms with van der Waals surface area (Å²) in [4.78, 5) is 24.2. The normalized spacial score (nSPS) is 28.7. The first kappa shape index (κ1) is 19.0. The molecule has 0 amide bonds. The van der Waals surface area contributed by atoms with Crippen molar-refractivity contribution in [2.24, 2.45) is 5.92 Å². The molecule has 2 aliphatic rings. The monoisotopic (exact) mass is 393 g/mol. The van der Waals surface area contributed by atoms with Crippen molar-refractivity contribution in [3.8, 4) is 0 Å². The Kier molecular flexibility index (Phi) is 4.92. The molecular weight excluding hydrogens is 369 g/mol. The van der Waals surface area contributed by atoms with E-state index < -0.39 is 23.8 Å². The summed E-state index contributed by atoms with van der Waals surface area (Å²) in [6.45, 7) is 1.51. The number of nitrogens with zero attached hydrogens (tertiary/aromatic N) is 4. The fourth-order valence-corrected chi connectivity index (χ4v) is 4.13. The zero-order chi connectivity index (χ0) is 19.9. The van der Waals surface area contributed by atoms with Crippen LogP contribution < -0.4 is 5.73 Å². The van der Waals surface area contributed by atoms with E-state index in [0.29, 0.717) is 0 Å². The van der Waals surface area contributed by atoms with Crippen molar-refractivity contribution in [3.63, 3.8) is 0 Å². The van der Waals surface area contributed by atoms with Gasteiger partial charge in [0.05, 0.1) is 31.5 Å². The molecule has 0 spiro atoms. The maximum absolute atomic E-state index is 13.7. The van der Waals surface area contributed by atoms with Crippen LogP contribution in [0, 0.1) is 12.0 Å². The van der Waals surface area contributed by atoms with Gasteiger partial charge in [0, 0.05) is 0 Å². The molecule has 3 atom stereocenters. The van der Waals surface area contributed by atoms with Crippen molar-refractivity contribution in [2.75, 3.05) is 18.9 Å². The number of aliphatic hydroxyl groups is 1. The van der Waals surface area contributed by atoms with Crippen LogP contribution in [0.15, 0.2) is 6.33 Å². The zero-order valence-corrected chi connectivity index (χ0v) is 15.7. The highest BCUT2D eigenvalue weighted by Crippen LogP contribution is 2.38. The molecule has 3 N–H and O–H groups in total. The number of fused-ring (bicyclic) bond motifs is 1. The van der Waals surface area contributed by atoms with Crippen LogP contribution in [0.25, 0.3) is 11.2 Å². The van der Waals surface area contributed by atoms with E-state index in [9.17, 15) is 14.3 Å². The van der Waals surface area contributed by atoms with Crippen molar-refractivity contribution in [1.82, 2.24) is 19.5 Å². The van der Waals surface area contributed by atoms with Crippen LogP contribution in [0.3, 0.4) is 0 Å². The molecule has 1 aliphatic carbocycles. The molecule has 0 bridgehead atoms. The van der Waals surface area contributed by atoms with E-state index in [2.05, 4.69) is 15.0 Å². The molecule has 2 aromatic rings. The number of esters is 1. The molecule has 3 heterocycles. The number of imidazole rings is 1. The Bertz CT molecular complexity index is 884. The summed E-state index contributed by atoms with van der Waals surface area (Å²) in [5.41, 5.74) is 5.11. The zero-order valence-electron chi connectivity index (χ0n) is 15.7. The number of hydrogen-bond donors (Lipinski definition) is 2.